The molecule has 0 aromatic carbocycles. The van der Waals surface area contributed by atoms with Gasteiger partial charge in [-0.25, -0.2) is 0 Å². The summed E-state index contributed by atoms with van der Waals surface area (Å²) in [6.45, 7) is 21.8. The highest BCUT2D eigenvalue weighted by Crippen LogP contribution is 2.14. The molecule has 0 aromatic rings. The number of carbonyl (C=O) groups excluding carboxylic acids is 1. The van der Waals surface area contributed by atoms with Crippen molar-refractivity contribution in [2.45, 2.75) is 52.6 Å². The van der Waals surface area contributed by atoms with Gasteiger partial charge in [0, 0.05) is 78.0 Å². The Balaban J connectivity index is 0.00000363. The first-order chi connectivity index (χ1) is 15.0. The van der Waals surface area contributed by atoms with Gasteiger partial charge in [-0.3, -0.25) is 19.6 Å². The summed E-state index contributed by atoms with van der Waals surface area (Å²) in [6, 6.07) is 0.452. The smallest absolute Gasteiger partial charge is 0.239 e. The minimum absolute atomic E-state index is 0. The summed E-state index contributed by atoms with van der Waals surface area (Å²) in [5.41, 5.74) is 0. The topological polar surface area (TPSA) is 57.7 Å². The summed E-state index contributed by atoms with van der Waals surface area (Å²) in [4.78, 5) is 29.6. The van der Waals surface area contributed by atoms with E-state index in [1.54, 1.807) is 0 Å². The molecule has 0 aliphatic carbocycles. The molecule has 186 valence electrons. The van der Waals surface area contributed by atoms with Crippen molar-refractivity contribution in [2.24, 2.45) is 4.99 Å². The van der Waals surface area contributed by atoms with E-state index in [0.717, 1.165) is 90.8 Å². The minimum atomic E-state index is -0.0124. The van der Waals surface area contributed by atoms with Crippen LogP contribution < -0.4 is 5.32 Å². The van der Waals surface area contributed by atoms with E-state index in [-0.39, 0.29) is 30.0 Å². The van der Waals surface area contributed by atoms with Gasteiger partial charge in [0.1, 0.15) is 0 Å². The normalized spacial score (nSPS) is 23.7. The van der Waals surface area contributed by atoms with Crippen molar-refractivity contribution in [3.05, 3.63) is 0 Å². The van der Waals surface area contributed by atoms with Crippen LogP contribution in [0.2, 0.25) is 0 Å². The molecule has 3 aliphatic rings. The van der Waals surface area contributed by atoms with E-state index in [9.17, 15) is 4.79 Å². The highest BCUT2D eigenvalue weighted by Gasteiger charge is 2.30. The lowest BCUT2D eigenvalue weighted by Crippen LogP contribution is -2.57. The lowest BCUT2D eigenvalue weighted by atomic mass is 10.2. The van der Waals surface area contributed by atoms with Crippen LogP contribution in [0.3, 0.4) is 0 Å². The first-order valence-corrected chi connectivity index (χ1v) is 12.6. The second kappa shape index (κ2) is 13.9. The van der Waals surface area contributed by atoms with Crippen LogP contribution in [0.4, 0.5) is 0 Å². The maximum atomic E-state index is 12.8. The average Bonchev–Trinajstić information content (AvgIpc) is 3.36. The molecular weight excluding hydrogens is 517 g/mol. The molecule has 2 atom stereocenters. The van der Waals surface area contributed by atoms with Crippen LogP contribution in [-0.2, 0) is 4.79 Å². The van der Waals surface area contributed by atoms with Crippen molar-refractivity contribution >= 4 is 35.8 Å². The SMILES string of the molecule is CCNC(=NCC(C)N1CCN(CC)CC1)N1CCN(C(C)C(=O)N2CCCC2)CC1.I. The van der Waals surface area contributed by atoms with Gasteiger partial charge in [0.15, 0.2) is 5.96 Å². The number of amides is 1. The van der Waals surface area contributed by atoms with Gasteiger partial charge in [0.25, 0.3) is 0 Å². The number of hydrogen-bond donors (Lipinski definition) is 1. The second-order valence-corrected chi connectivity index (χ2v) is 9.25. The van der Waals surface area contributed by atoms with Crippen LogP contribution in [-0.4, -0.2) is 134 Å². The van der Waals surface area contributed by atoms with E-state index in [1.807, 2.05) is 4.90 Å². The summed E-state index contributed by atoms with van der Waals surface area (Å²) in [5, 5.41) is 3.49. The number of carbonyl (C=O) groups is 1. The largest absolute Gasteiger partial charge is 0.357 e. The van der Waals surface area contributed by atoms with Gasteiger partial charge < -0.3 is 20.0 Å². The number of aliphatic imine (C=N–C) groups is 1. The number of hydrogen-bond acceptors (Lipinski definition) is 5. The molecule has 8 nitrogen and oxygen atoms in total. The fraction of sp³-hybridized carbons (Fsp3) is 0.913. The molecule has 3 aliphatic heterocycles. The Morgan fingerprint density at radius 2 is 1.44 bits per heavy atom. The predicted octanol–water partition coefficient (Wildman–Crippen LogP) is 1.22. The van der Waals surface area contributed by atoms with Crippen LogP contribution in [0.25, 0.3) is 0 Å². The number of piperazine rings is 2. The first-order valence-electron chi connectivity index (χ1n) is 12.6. The maximum absolute atomic E-state index is 12.8. The fourth-order valence-corrected chi connectivity index (χ4v) is 4.96. The standard InChI is InChI=1S/C23H45N7O.HI/c1-5-24-23(25-19-20(3)27-13-11-26(6-2)12-14-27)30-17-15-28(16-18-30)21(4)22(31)29-9-7-8-10-29;/h20-21H,5-19H2,1-4H3,(H,24,25);1H. The van der Waals surface area contributed by atoms with E-state index < -0.39 is 0 Å². The van der Waals surface area contributed by atoms with Crippen LogP contribution in [0, 0.1) is 0 Å². The summed E-state index contributed by atoms with van der Waals surface area (Å²) >= 11 is 0. The number of guanidine groups is 1. The van der Waals surface area contributed by atoms with Gasteiger partial charge in [0.05, 0.1) is 12.6 Å². The maximum Gasteiger partial charge on any atom is 0.239 e. The van der Waals surface area contributed by atoms with E-state index in [0.29, 0.717) is 11.9 Å². The summed E-state index contributed by atoms with van der Waals surface area (Å²) in [6.07, 6.45) is 2.31. The molecule has 0 radical (unpaired) electrons. The Morgan fingerprint density at radius 1 is 0.844 bits per heavy atom. The number of likely N-dealkylation sites (tertiary alicyclic amines) is 1. The molecule has 2 unspecified atom stereocenters. The molecule has 3 heterocycles. The summed E-state index contributed by atoms with van der Waals surface area (Å²) in [7, 11) is 0. The van der Waals surface area contributed by atoms with Gasteiger partial charge in [0.2, 0.25) is 5.91 Å². The third kappa shape index (κ3) is 7.43. The van der Waals surface area contributed by atoms with Crippen LogP contribution in [0.15, 0.2) is 4.99 Å². The number of rotatable bonds is 7. The lowest BCUT2D eigenvalue weighted by Gasteiger charge is -2.40. The molecular formula is C23H46IN7O. The van der Waals surface area contributed by atoms with Crippen LogP contribution in [0.5, 0.6) is 0 Å². The Labute approximate surface area is 212 Å². The number of halogens is 1. The zero-order valence-electron chi connectivity index (χ0n) is 20.8. The van der Waals surface area contributed by atoms with Crippen molar-refractivity contribution in [1.29, 1.82) is 0 Å². The number of nitrogens with one attached hydrogen (secondary N) is 1. The second-order valence-electron chi connectivity index (χ2n) is 9.25. The molecule has 3 fully saturated rings. The van der Waals surface area contributed by atoms with Gasteiger partial charge >= 0.3 is 0 Å². The first kappa shape index (κ1) is 27.6. The molecule has 0 spiro atoms. The van der Waals surface area contributed by atoms with Gasteiger partial charge in [-0.2, -0.15) is 0 Å². The molecule has 3 saturated heterocycles. The van der Waals surface area contributed by atoms with E-state index in [4.69, 9.17) is 4.99 Å². The van der Waals surface area contributed by atoms with Crippen molar-refractivity contribution in [2.75, 3.05) is 85.1 Å². The monoisotopic (exact) mass is 563 g/mol. The van der Waals surface area contributed by atoms with E-state index >= 15 is 0 Å². The molecule has 0 saturated carbocycles. The van der Waals surface area contributed by atoms with Crippen molar-refractivity contribution in [3.8, 4) is 0 Å². The Bertz CT molecular complexity index is 583. The molecule has 32 heavy (non-hydrogen) atoms. The summed E-state index contributed by atoms with van der Waals surface area (Å²) < 4.78 is 0. The highest BCUT2D eigenvalue weighted by atomic mass is 127. The zero-order chi connectivity index (χ0) is 22.2. The molecule has 1 N–H and O–H groups in total. The summed E-state index contributed by atoms with van der Waals surface area (Å²) in [5.74, 6) is 1.34. The molecule has 3 rings (SSSR count). The Morgan fingerprint density at radius 3 is 2.00 bits per heavy atom. The molecule has 0 bridgehead atoms. The average molecular weight is 564 g/mol. The quantitative estimate of drug-likeness (QED) is 0.286. The number of nitrogens with zero attached hydrogens (tertiary/aromatic N) is 6. The van der Waals surface area contributed by atoms with Crippen molar-refractivity contribution in [1.82, 2.24) is 29.8 Å². The van der Waals surface area contributed by atoms with Crippen molar-refractivity contribution < 1.29 is 4.79 Å². The van der Waals surface area contributed by atoms with Gasteiger partial charge in [-0.15, -0.1) is 24.0 Å². The fourth-order valence-electron chi connectivity index (χ4n) is 4.96. The molecule has 1 amide bonds. The molecule has 0 aromatic heterocycles. The third-order valence-electron chi connectivity index (χ3n) is 7.25. The van der Waals surface area contributed by atoms with E-state index in [1.165, 1.54) is 13.1 Å². The van der Waals surface area contributed by atoms with E-state index in [2.05, 4.69) is 52.6 Å². The Kier molecular flexibility index (Phi) is 12.0. The van der Waals surface area contributed by atoms with Crippen LogP contribution in [0.1, 0.15) is 40.5 Å². The predicted molar refractivity (Wildman–Crippen MR) is 143 cm³/mol. The number of likely N-dealkylation sites (N-methyl/N-ethyl adjacent to an activating group) is 1. The third-order valence-corrected chi connectivity index (χ3v) is 7.25. The van der Waals surface area contributed by atoms with Crippen LogP contribution >= 0.6 is 24.0 Å². The molecule has 9 heteroatoms. The highest BCUT2D eigenvalue weighted by molar-refractivity contribution is 14.0. The Hall–Kier alpha value is -0.650. The van der Waals surface area contributed by atoms with Crippen molar-refractivity contribution in [3.63, 3.8) is 0 Å². The van der Waals surface area contributed by atoms with Gasteiger partial charge in [-0.1, -0.05) is 6.92 Å². The minimum Gasteiger partial charge on any atom is -0.357 e. The van der Waals surface area contributed by atoms with Gasteiger partial charge in [-0.05, 0) is 40.2 Å². The lowest BCUT2D eigenvalue weighted by molar-refractivity contribution is -0.135. The zero-order valence-corrected chi connectivity index (χ0v) is 23.1.